The first-order valence-corrected chi connectivity index (χ1v) is 7.36. The SMILES string of the molecule is O=S(=O)(c1ccc(CNO)cc1Br)C1COC1. The lowest BCUT2D eigenvalue weighted by Crippen LogP contribution is -2.40. The van der Waals surface area contributed by atoms with Gasteiger partial charge in [-0.3, -0.25) is 0 Å². The lowest BCUT2D eigenvalue weighted by atomic mass is 10.2. The summed E-state index contributed by atoms with van der Waals surface area (Å²) in [5.41, 5.74) is 2.82. The normalized spacial score (nSPS) is 16.8. The molecule has 1 aliphatic rings. The number of hydrogen-bond acceptors (Lipinski definition) is 5. The van der Waals surface area contributed by atoms with Gasteiger partial charge in [0.05, 0.1) is 18.1 Å². The van der Waals surface area contributed by atoms with E-state index in [-0.39, 0.29) is 24.7 Å². The van der Waals surface area contributed by atoms with Crippen molar-refractivity contribution >= 4 is 25.8 Å². The highest BCUT2D eigenvalue weighted by molar-refractivity contribution is 9.10. The topological polar surface area (TPSA) is 75.6 Å². The van der Waals surface area contributed by atoms with Gasteiger partial charge in [-0.05, 0) is 33.6 Å². The second-order valence-electron chi connectivity index (χ2n) is 3.80. The Morgan fingerprint density at radius 3 is 2.65 bits per heavy atom. The van der Waals surface area contributed by atoms with Crippen LogP contribution in [-0.4, -0.2) is 32.1 Å². The fourth-order valence-corrected chi connectivity index (χ4v) is 4.15. The summed E-state index contributed by atoms with van der Waals surface area (Å²) in [5, 5.41) is 8.13. The van der Waals surface area contributed by atoms with E-state index in [1.165, 1.54) is 0 Å². The summed E-state index contributed by atoms with van der Waals surface area (Å²) in [5.74, 6) is 0. The van der Waals surface area contributed by atoms with Gasteiger partial charge in [0, 0.05) is 11.0 Å². The molecule has 1 aromatic rings. The van der Waals surface area contributed by atoms with Crippen molar-refractivity contribution in [3.05, 3.63) is 28.2 Å². The van der Waals surface area contributed by atoms with E-state index in [0.717, 1.165) is 5.56 Å². The summed E-state index contributed by atoms with van der Waals surface area (Å²) >= 11 is 3.25. The molecule has 1 aliphatic heterocycles. The van der Waals surface area contributed by atoms with Gasteiger partial charge in [-0.2, -0.15) is 0 Å². The number of ether oxygens (including phenoxy) is 1. The van der Waals surface area contributed by atoms with E-state index in [4.69, 9.17) is 9.94 Å². The zero-order chi connectivity index (χ0) is 12.5. The number of sulfone groups is 1. The Bertz CT molecular complexity index is 513. The van der Waals surface area contributed by atoms with Crippen molar-refractivity contribution in [3.8, 4) is 0 Å². The van der Waals surface area contributed by atoms with Crippen LogP contribution in [0.3, 0.4) is 0 Å². The number of rotatable bonds is 4. The smallest absolute Gasteiger partial charge is 0.186 e. The molecule has 0 radical (unpaired) electrons. The summed E-state index contributed by atoms with van der Waals surface area (Å²) in [6.45, 7) is 0.787. The molecule has 2 rings (SSSR count). The van der Waals surface area contributed by atoms with Gasteiger partial charge < -0.3 is 9.94 Å². The minimum absolute atomic E-state index is 0.259. The maximum absolute atomic E-state index is 12.1. The van der Waals surface area contributed by atoms with E-state index in [9.17, 15) is 8.42 Å². The quantitative estimate of drug-likeness (QED) is 0.812. The molecule has 0 amide bonds. The highest BCUT2D eigenvalue weighted by atomic mass is 79.9. The molecule has 7 heteroatoms. The first-order valence-electron chi connectivity index (χ1n) is 5.02. The van der Waals surface area contributed by atoms with Crippen LogP contribution in [0.15, 0.2) is 27.6 Å². The van der Waals surface area contributed by atoms with Gasteiger partial charge in [0.1, 0.15) is 5.25 Å². The number of hydrogen-bond donors (Lipinski definition) is 2. The Balaban J connectivity index is 2.33. The molecule has 0 aromatic heterocycles. The summed E-state index contributed by atoms with van der Waals surface area (Å²) in [7, 11) is -3.32. The van der Waals surface area contributed by atoms with Crippen LogP contribution >= 0.6 is 15.9 Å². The van der Waals surface area contributed by atoms with Gasteiger partial charge in [0.25, 0.3) is 0 Å². The zero-order valence-corrected chi connectivity index (χ0v) is 11.3. The molecule has 1 fully saturated rings. The van der Waals surface area contributed by atoms with E-state index in [1.807, 2.05) is 5.48 Å². The summed E-state index contributed by atoms with van der Waals surface area (Å²) in [6, 6.07) is 4.89. The molecule has 0 bridgehead atoms. The van der Waals surface area contributed by atoms with Crippen LogP contribution in [0, 0.1) is 0 Å². The molecule has 0 unspecified atom stereocenters. The Kier molecular flexibility index (Phi) is 3.84. The monoisotopic (exact) mass is 321 g/mol. The van der Waals surface area contributed by atoms with Crippen molar-refractivity contribution in [2.75, 3.05) is 13.2 Å². The van der Waals surface area contributed by atoms with Crippen LogP contribution < -0.4 is 5.48 Å². The van der Waals surface area contributed by atoms with Gasteiger partial charge >= 0.3 is 0 Å². The van der Waals surface area contributed by atoms with Gasteiger partial charge in [-0.1, -0.05) is 6.07 Å². The van der Waals surface area contributed by atoms with E-state index in [1.54, 1.807) is 18.2 Å². The molecule has 0 atom stereocenters. The molecule has 1 aromatic carbocycles. The summed E-state index contributed by atoms with van der Waals surface area (Å²) < 4.78 is 29.7. The van der Waals surface area contributed by atoms with Crippen LogP contribution in [0.2, 0.25) is 0 Å². The molecule has 2 N–H and O–H groups in total. The highest BCUT2D eigenvalue weighted by Gasteiger charge is 2.35. The maximum Gasteiger partial charge on any atom is 0.186 e. The second kappa shape index (κ2) is 5.03. The number of halogens is 1. The third-order valence-corrected chi connectivity index (χ3v) is 5.67. The summed E-state index contributed by atoms with van der Waals surface area (Å²) in [6.07, 6.45) is 0. The lowest BCUT2D eigenvalue weighted by molar-refractivity contribution is 0.0416. The molecule has 1 heterocycles. The van der Waals surface area contributed by atoms with Crippen LogP contribution in [0.4, 0.5) is 0 Å². The molecule has 5 nitrogen and oxygen atoms in total. The van der Waals surface area contributed by atoms with Gasteiger partial charge in [0.15, 0.2) is 9.84 Å². The predicted octanol–water partition coefficient (Wildman–Crippen LogP) is 1.10. The van der Waals surface area contributed by atoms with Crippen molar-refractivity contribution < 1.29 is 18.4 Å². The molecule has 94 valence electrons. The van der Waals surface area contributed by atoms with Crippen molar-refractivity contribution in [1.82, 2.24) is 5.48 Å². The minimum atomic E-state index is -3.32. The number of hydroxylamine groups is 1. The first-order chi connectivity index (χ1) is 8.05. The van der Waals surface area contributed by atoms with E-state index in [0.29, 0.717) is 4.47 Å². The second-order valence-corrected chi connectivity index (χ2v) is 6.85. The Morgan fingerprint density at radius 2 is 2.18 bits per heavy atom. The number of benzene rings is 1. The highest BCUT2D eigenvalue weighted by Crippen LogP contribution is 2.28. The fourth-order valence-electron chi connectivity index (χ4n) is 1.55. The van der Waals surface area contributed by atoms with E-state index < -0.39 is 15.1 Å². The molecular weight excluding hydrogens is 310 g/mol. The third kappa shape index (κ3) is 2.53. The minimum Gasteiger partial charge on any atom is -0.379 e. The molecule has 1 saturated heterocycles. The van der Waals surface area contributed by atoms with Gasteiger partial charge in [0.2, 0.25) is 0 Å². The Hall–Kier alpha value is -0.470. The molecule has 0 saturated carbocycles. The van der Waals surface area contributed by atoms with Gasteiger partial charge in [-0.25, -0.2) is 13.9 Å². The maximum atomic E-state index is 12.1. The van der Waals surface area contributed by atoms with Crippen molar-refractivity contribution in [2.45, 2.75) is 16.7 Å². The number of nitrogens with one attached hydrogen (secondary N) is 1. The van der Waals surface area contributed by atoms with Crippen LogP contribution in [0.5, 0.6) is 0 Å². The fraction of sp³-hybridized carbons (Fsp3) is 0.400. The van der Waals surface area contributed by atoms with Crippen LogP contribution in [-0.2, 0) is 21.1 Å². The molecule has 17 heavy (non-hydrogen) atoms. The average Bonchev–Trinajstić information content (AvgIpc) is 2.13. The zero-order valence-electron chi connectivity index (χ0n) is 8.89. The molecule has 0 spiro atoms. The average molecular weight is 322 g/mol. The first kappa shape index (κ1) is 13.0. The van der Waals surface area contributed by atoms with Crippen molar-refractivity contribution in [1.29, 1.82) is 0 Å². The van der Waals surface area contributed by atoms with E-state index >= 15 is 0 Å². The third-order valence-electron chi connectivity index (χ3n) is 2.63. The van der Waals surface area contributed by atoms with Crippen molar-refractivity contribution in [2.24, 2.45) is 0 Å². The van der Waals surface area contributed by atoms with E-state index in [2.05, 4.69) is 15.9 Å². The Labute approximate surface area is 108 Å². The predicted molar refractivity (Wildman–Crippen MR) is 64.6 cm³/mol. The Morgan fingerprint density at radius 1 is 1.47 bits per heavy atom. The lowest BCUT2D eigenvalue weighted by Gasteiger charge is -2.26. The standard InChI is InChI=1S/C10H12BrNO4S/c11-9-3-7(4-12-13)1-2-10(9)17(14,15)8-5-16-6-8/h1-3,8,12-13H,4-6H2. The van der Waals surface area contributed by atoms with Gasteiger partial charge in [-0.15, -0.1) is 0 Å². The molecular formula is C10H12BrNO4S. The summed E-state index contributed by atoms with van der Waals surface area (Å²) in [4.78, 5) is 0.271. The van der Waals surface area contributed by atoms with Crippen molar-refractivity contribution in [3.63, 3.8) is 0 Å². The van der Waals surface area contributed by atoms with Crippen LogP contribution in [0.25, 0.3) is 0 Å². The largest absolute Gasteiger partial charge is 0.379 e. The molecule has 0 aliphatic carbocycles. The van der Waals surface area contributed by atoms with Crippen LogP contribution in [0.1, 0.15) is 5.56 Å².